The normalized spacial score (nSPS) is 10.9. The number of nitrogens with two attached hydrogens (primary N) is 1. The number of nitrogen functional groups attached to an aromatic ring is 1. The molecule has 0 aromatic heterocycles. The highest BCUT2D eigenvalue weighted by Crippen LogP contribution is 2.24. The minimum absolute atomic E-state index is 0.00609. The van der Waals surface area contributed by atoms with Crippen molar-refractivity contribution in [1.29, 1.82) is 5.26 Å². The Morgan fingerprint density at radius 2 is 1.95 bits per heavy atom. The quantitative estimate of drug-likeness (QED) is 0.848. The molecule has 8 heteroatoms. The molecule has 0 saturated heterocycles. The number of halogens is 2. The zero-order valence-electron chi connectivity index (χ0n) is 10.5. The summed E-state index contributed by atoms with van der Waals surface area (Å²) < 4.78 is 40.0. The summed E-state index contributed by atoms with van der Waals surface area (Å²) >= 11 is 5.79. The second kappa shape index (κ2) is 5.60. The minimum atomic E-state index is -4.04. The van der Waals surface area contributed by atoms with Gasteiger partial charge in [-0.2, -0.15) is 5.26 Å². The Bertz CT molecular complexity index is 847. The summed E-state index contributed by atoms with van der Waals surface area (Å²) in [5.74, 6) is -0.757. The number of nitrogens with zero attached hydrogens (tertiary/aromatic N) is 1. The number of rotatable bonds is 3. The van der Waals surface area contributed by atoms with Crippen LogP contribution >= 0.6 is 11.6 Å². The molecule has 21 heavy (non-hydrogen) atoms. The van der Waals surface area contributed by atoms with Crippen molar-refractivity contribution in [2.45, 2.75) is 4.90 Å². The molecule has 0 atom stereocenters. The maximum absolute atomic E-state index is 13.6. The van der Waals surface area contributed by atoms with Crippen LogP contribution < -0.4 is 10.5 Å². The van der Waals surface area contributed by atoms with Gasteiger partial charge in [0.1, 0.15) is 11.9 Å². The summed E-state index contributed by atoms with van der Waals surface area (Å²) in [6.45, 7) is 0. The first kappa shape index (κ1) is 15.1. The third-order valence-corrected chi connectivity index (χ3v) is 4.28. The van der Waals surface area contributed by atoms with E-state index >= 15 is 0 Å². The standard InChI is InChI=1S/C13H9ClFN3O2S/c14-11-6-10(3-1-8(11)7-16)21(19,20)18-13-5-9(17)2-4-12(13)15/h1-6,18H,17H2. The Labute approximate surface area is 125 Å². The molecule has 2 aromatic carbocycles. The first-order valence-corrected chi connectivity index (χ1v) is 7.47. The lowest BCUT2D eigenvalue weighted by Gasteiger charge is -2.10. The van der Waals surface area contributed by atoms with E-state index in [0.29, 0.717) is 0 Å². The maximum atomic E-state index is 13.6. The lowest BCUT2D eigenvalue weighted by Crippen LogP contribution is -2.14. The van der Waals surface area contributed by atoms with Crippen molar-refractivity contribution in [2.24, 2.45) is 0 Å². The lowest BCUT2D eigenvalue weighted by molar-refractivity contribution is 0.598. The van der Waals surface area contributed by atoms with E-state index in [9.17, 15) is 12.8 Å². The van der Waals surface area contributed by atoms with Crippen LogP contribution in [0.4, 0.5) is 15.8 Å². The first-order chi connectivity index (χ1) is 9.83. The molecule has 3 N–H and O–H groups in total. The second-order valence-corrected chi connectivity index (χ2v) is 6.19. The highest BCUT2D eigenvalue weighted by molar-refractivity contribution is 7.92. The highest BCUT2D eigenvalue weighted by Gasteiger charge is 2.18. The molecule has 0 bridgehead atoms. The predicted octanol–water partition coefficient (Wildman–Crippen LogP) is 2.73. The van der Waals surface area contributed by atoms with E-state index < -0.39 is 15.8 Å². The van der Waals surface area contributed by atoms with E-state index in [2.05, 4.69) is 4.72 Å². The summed E-state index contributed by atoms with van der Waals surface area (Å²) in [7, 11) is -4.04. The molecule has 108 valence electrons. The van der Waals surface area contributed by atoms with Crippen LogP contribution in [0.2, 0.25) is 5.02 Å². The first-order valence-electron chi connectivity index (χ1n) is 5.61. The number of anilines is 2. The topological polar surface area (TPSA) is 96.0 Å². The number of sulfonamides is 1. The highest BCUT2D eigenvalue weighted by atomic mass is 35.5. The average Bonchev–Trinajstić information content (AvgIpc) is 2.42. The van der Waals surface area contributed by atoms with Crippen molar-refractivity contribution < 1.29 is 12.8 Å². The molecule has 0 spiro atoms. The van der Waals surface area contributed by atoms with Gasteiger partial charge in [0.25, 0.3) is 10.0 Å². The molecule has 0 fully saturated rings. The Morgan fingerprint density at radius 3 is 2.57 bits per heavy atom. The van der Waals surface area contributed by atoms with Gasteiger partial charge in [0.15, 0.2) is 0 Å². The van der Waals surface area contributed by atoms with Crippen molar-refractivity contribution in [3.63, 3.8) is 0 Å². The maximum Gasteiger partial charge on any atom is 0.262 e. The van der Waals surface area contributed by atoms with Gasteiger partial charge in [0.2, 0.25) is 0 Å². The molecular weight excluding hydrogens is 317 g/mol. The van der Waals surface area contributed by atoms with E-state index in [1.165, 1.54) is 18.2 Å². The Kier molecular flexibility index (Phi) is 4.02. The third-order valence-electron chi connectivity index (χ3n) is 2.61. The number of nitriles is 1. The average molecular weight is 326 g/mol. The second-order valence-electron chi connectivity index (χ2n) is 4.10. The van der Waals surface area contributed by atoms with Gasteiger partial charge in [-0.1, -0.05) is 11.6 Å². The van der Waals surface area contributed by atoms with Crippen LogP contribution in [-0.4, -0.2) is 8.42 Å². The minimum Gasteiger partial charge on any atom is -0.399 e. The van der Waals surface area contributed by atoms with Crippen molar-refractivity contribution in [3.05, 3.63) is 52.8 Å². The van der Waals surface area contributed by atoms with Gasteiger partial charge < -0.3 is 5.73 Å². The molecule has 0 amide bonds. The number of nitrogens with one attached hydrogen (secondary N) is 1. The smallest absolute Gasteiger partial charge is 0.262 e. The molecule has 0 saturated carbocycles. The van der Waals surface area contributed by atoms with Crippen LogP contribution in [0.15, 0.2) is 41.3 Å². The van der Waals surface area contributed by atoms with Crippen LogP contribution in [-0.2, 0) is 10.0 Å². The molecule has 0 aliphatic carbocycles. The van der Waals surface area contributed by atoms with E-state index in [1.54, 1.807) is 0 Å². The summed E-state index contributed by atoms with van der Waals surface area (Å²) in [6, 6.07) is 8.94. The molecule has 0 heterocycles. The Morgan fingerprint density at radius 1 is 1.24 bits per heavy atom. The fraction of sp³-hybridized carbons (Fsp3) is 0. The van der Waals surface area contributed by atoms with Gasteiger partial charge in [0.05, 0.1) is 21.2 Å². The number of hydrogen-bond donors (Lipinski definition) is 2. The van der Waals surface area contributed by atoms with Crippen molar-refractivity contribution in [2.75, 3.05) is 10.5 Å². The summed E-state index contributed by atoms with van der Waals surface area (Å²) in [6.07, 6.45) is 0. The van der Waals surface area contributed by atoms with Gasteiger partial charge >= 0.3 is 0 Å². The SMILES string of the molecule is N#Cc1ccc(S(=O)(=O)Nc2cc(N)ccc2F)cc1Cl. The van der Waals surface area contributed by atoms with E-state index in [4.69, 9.17) is 22.6 Å². The number of hydrogen-bond acceptors (Lipinski definition) is 4. The Balaban J connectivity index is 2.41. The largest absolute Gasteiger partial charge is 0.399 e. The summed E-state index contributed by atoms with van der Waals surface area (Å²) in [4.78, 5) is -0.187. The molecule has 0 unspecified atom stereocenters. The molecule has 0 radical (unpaired) electrons. The van der Waals surface area contributed by atoms with Crippen molar-refractivity contribution in [3.8, 4) is 6.07 Å². The monoisotopic (exact) mass is 325 g/mol. The predicted molar refractivity (Wildman–Crippen MR) is 77.8 cm³/mol. The third kappa shape index (κ3) is 3.24. The van der Waals surface area contributed by atoms with Crippen molar-refractivity contribution in [1.82, 2.24) is 0 Å². The molecule has 2 aromatic rings. The van der Waals surface area contributed by atoms with E-state index in [1.807, 2.05) is 6.07 Å². The molecule has 0 aliphatic rings. The van der Waals surface area contributed by atoms with Gasteiger partial charge in [0, 0.05) is 5.69 Å². The van der Waals surface area contributed by atoms with Crippen LogP contribution in [0.3, 0.4) is 0 Å². The fourth-order valence-corrected chi connectivity index (χ4v) is 2.95. The van der Waals surface area contributed by atoms with Crippen LogP contribution in [0.5, 0.6) is 0 Å². The van der Waals surface area contributed by atoms with Crippen LogP contribution in [0, 0.1) is 17.1 Å². The van der Waals surface area contributed by atoms with Gasteiger partial charge in [-0.05, 0) is 36.4 Å². The summed E-state index contributed by atoms with van der Waals surface area (Å²) in [5, 5.41) is 8.75. The lowest BCUT2D eigenvalue weighted by atomic mass is 10.2. The van der Waals surface area contributed by atoms with Crippen LogP contribution in [0.25, 0.3) is 0 Å². The van der Waals surface area contributed by atoms with Gasteiger partial charge in [-0.25, -0.2) is 12.8 Å². The van der Waals surface area contributed by atoms with Gasteiger partial charge in [-0.3, -0.25) is 4.72 Å². The molecule has 0 aliphatic heterocycles. The van der Waals surface area contributed by atoms with Gasteiger partial charge in [-0.15, -0.1) is 0 Å². The summed E-state index contributed by atoms with van der Waals surface area (Å²) in [5.41, 5.74) is 5.58. The van der Waals surface area contributed by atoms with E-state index in [-0.39, 0.29) is 26.9 Å². The zero-order chi connectivity index (χ0) is 15.6. The molecular formula is C13H9ClFN3O2S. The Hall–Kier alpha value is -2.30. The zero-order valence-corrected chi connectivity index (χ0v) is 12.0. The molecule has 2 rings (SSSR count). The fourth-order valence-electron chi connectivity index (χ4n) is 1.58. The van der Waals surface area contributed by atoms with Crippen molar-refractivity contribution >= 4 is 33.0 Å². The van der Waals surface area contributed by atoms with E-state index in [0.717, 1.165) is 18.2 Å². The van der Waals surface area contributed by atoms with Crippen LogP contribution in [0.1, 0.15) is 5.56 Å². The number of benzene rings is 2. The molecule has 5 nitrogen and oxygen atoms in total.